The zero-order valence-corrected chi connectivity index (χ0v) is 9.62. The Morgan fingerprint density at radius 1 is 1.24 bits per heavy atom. The summed E-state index contributed by atoms with van der Waals surface area (Å²) in [5.41, 5.74) is 1.30. The highest BCUT2D eigenvalue weighted by atomic mass is 16.5. The van der Waals surface area contributed by atoms with Crippen molar-refractivity contribution in [3.8, 4) is 17.2 Å². The van der Waals surface area contributed by atoms with Gasteiger partial charge in [-0.25, -0.2) is 4.68 Å². The Morgan fingerprint density at radius 3 is 2.59 bits per heavy atom. The molecule has 1 aromatic heterocycles. The van der Waals surface area contributed by atoms with Gasteiger partial charge in [0.2, 0.25) is 0 Å². The van der Waals surface area contributed by atoms with Crippen LogP contribution in [-0.4, -0.2) is 34.3 Å². The lowest BCUT2D eigenvalue weighted by Gasteiger charge is -2.08. The molecule has 1 N–H and O–H groups in total. The van der Waals surface area contributed by atoms with Gasteiger partial charge in [0, 0.05) is 6.07 Å². The fourth-order valence-corrected chi connectivity index (χ4v) is 1.46. The molecule has 0 fully saturated rings. The molecule has 0 amide bonds. The summed E-state index contributed by atoms with van der Waals surface area (Å²) in [6.07, 6.45) is 1.65. The fourth-order valence-electron chi connectivity index (χ4n) is 1.46. The van der Waals surface area contributed by atoms with Gasteiger partial charge in [0.05, 0.1) is 32.7 Å². The monoisotopic (exact) mass is 235 g/mol. The van der Waals surface area contributed by atoms with Crippen molar-refractivity contribution in [1.82, 2.24) is 15.0 Å². The number of nitrogens with zero attached hydrogens (tertiary/aromatic N) is 3. The van der Waals surface area contributed by atoms with Crippen molar-refractivity contribution in [2.75, 3.05) is 14.2 Å². The SMILES string of the molecule is COc1ccc(-n2cc(CO)nn2)cc1OC. The van der Waals surface area contributed by atoms with Gasteiger partial charge >= 0.3 is 0 Å². The normalized spacial score (nSPS) is 10.3. The van der Waals surface area contributed by atoms with Crippen molar-refractivity contribution in [2.45, 2.75) is 6.61 Å². The Bertz CT molecular complexity index is 510. The number of hydrogen-bond donors (Lipinski definition) is 1. The standard InChI is InChI=1S/C11H13N3O3/c1-16-10-4-3-9(5-11(10)17-2)14-6-8(7-15)12-13-14/h3-6,15H,7H2,1-2H3. The third kappa shape index (κ3) is 2.21. The lowest BCUT2D eigenvalue weighted by Crippen LogP contribution is -1.97. The summed E-state index contributed by atoms with van der Waals surface area (Å²) >= 11 is 0. The summed E-state index contributed by atoms with van der Waals surface area (Å²) in [7, 11) is 3.15. The van der Waals surface area contributed by atoms with Crippen LogP contribution in [0, 0.1) is 0 Å². The van der Waals surface area contributed by atoms with Gasteiger partial charge in [-0.05, 0) is 12.1 Å². The van der Waals surface area contributed by atoms with E-state index in [1.54, 1.807) is 37.2 Å². The highest BCUT2D eigenvalue weighted by molar-refractivity contribution is 5.48. The Labute approximate surface area is 98.4 Å². The maximum absolute atomic E-state index is 8.92. The molecule has 90 valence electrons. The zero-order valence-electron chi connectivity index (χ0n) is 9.62. The smallest absolute Gasteiger partial charge is 0.162 e. The minimum absolute atomic E-state index is 0.132. The molecule has 0 aliphatic carbocycles. The van der Waals surface area contributed by atoms with Crippen molar-refractivity contribution < 1.29 is 14.6 Å². The van der Waals surface area contributed by atoms with E-state index in [2.05, 4.69) is 10.3 Å². The van der Waals surface area contributed by atoms with Crippen LogP contribution in [0.3, 0.4) is 0 Å². The second kappa shape index (κ2) is 4.84. The van der Waals surface area contributed by atoms with Crippen LogP contribution in [0.1, 0.15) is 5.69 Å². The first-order valence-corrected chi connectivity index (χ1v) is 5.03. The topological polar surface area (TPSA) is 69.4 Å². The van der Waals surface area contributed by atoms with E-state index in [0.29, 0.717) is 17.2 Å². The Balaban J connectivity index is 2.38. The first kappa shape index (κ1) is 11.4. The summed E-state index contributed by atoms with van der Waals surface area (Å²) in [6.45, 7) is -0.132. The molecule has 0 atom stereocenters. The average molecular weight is 235 g/mol. The second-order valence-electron chi connectivity index (χ2n) is 3.35. The molecule has 17 heavy (non-hydrogen) atoms. The number of ether oxygens (including phenoxy) is 2. The molecule has 0 aliphatic rings. The Hall–Kier alpha value is -2.08. The number of benzene rings is 1. The largest absolute Gasteiger partial charge is 0.493 e. The summed E-state index contributed by atoms with van der Waals surface area (Å²) in [4.78, 5) is 0. The molecule has 6 nitrogen and oxygen atoms in total. The number of aliphatic hydroxyl groups excluding tert-OH is 1. The van der Waals surface area contributed by atoms with Crippen molar-refractivity contribution >= 4 is 0 Å². The van der Waals surface area contributed by atoms with Crippen LogP contribution < -0.4 is 9.47 Å². The van der Waals surface area contributed by atoms with Crippen LogP contribution in [0.2, 0.25) is 0 Å². The van der Waals surface area contributed by atoms with Crippen molar-refractivity contribution in [1.29, 1.82) is 0 Å². The summed E-state index contributed by atoms with van der Waals surface area (Å²) in [5.74, 6) is 1.27. The molecular formula is C11H13N3O3. The number of aromatic nitrogens is 3. The van der Waals surface area contributed by atoms with E-state index in [9.17, 15) is 0 Å². The van der Waals surface area contributed by atoms with Crippen LogP contribution in [0.4, 0.5) is 0 Å². The van der Waals surface area contributed by atoms with E-state index in [0.717, 1.165) is 5.69 Å². The van der Waals surface area contributed by atoms with E-state index >= 15 is 0 Å². The van der Waals surface area contributed by atoms with Crippen molar-refractivity contribution in [3.63, 3.8) is 0 Å². The molecule has 0 aliphatic heterocycles. The van der Waals surface area contributed by atoms with Gasteiger partial charge in [0.1, 0.15) is 5.69 Å². The molecule has 0 saturated heterocycles. The van der Waals surface area contributed by atoms with Crippen LogP contribution in [-0.2, 0) is 6.61 Å². The fraction of sp³-hybridized carbons (Fsp3) is 0.273. The summed E-state index contributed by atoms with van der Waals surface area (Å²) in [5, 5.41) is 16.6. The molecule has 1 aromatic carbocycles. The maximum Gasteiger partial charge on any atom is 0.162 e. The lowest BCUT2D eigenvalue weighted by atomic mass is 10.3. The molecule has 2 aromatic rings. The van der Waals surface area contributed by atoms with E-state index in [-0.39, 0.29) is 6.61 Å². The molecule has 0 radical (unpaired) electrons. The van der Waals surface area contributed by atoms with Crippen LogP contribution in [0.25, 0.3) is 5.69 Å². The van der Waals surface area contributed by atoms with Gasteiger partial charge < -0.3 is 14.6 Å². The molecule has 6 heteroatoms. The lowest BCUT2D eigenvalue weighted by molar-refractivity contribution is 0.276. The molecular weight excluding hydrogens is 222 g/mol. The third-order valence-electron chi connectivity index (χ3n) is 2.33. The number of rotatable bonds is 4. The van der Waals surface area contributed by atoms with Crippen LogP contribution in [0.5, 0.6) is 11.5 Å². The summed E-state index contributed by atoms with van der Waals surface area (Å²) < 4.78 is 11.9. The summed E-state index contributed by atoms with van der Waals surface area (Å²) in [6, 6.07) is 5.40. The Morgan fingerprint density at radius 2 is 2.00 bits per heavy atom. The Kier molecular flexibility index (Phi) is 3.24. The minimum atomic E-state index is -0.132. The molecule has 1 heterocycles. The zero-order chi connectivity index (χ0) is 12.3. The third-order valence-corrected chi connectivity index (χ3v) is 2.33. The molecule has 0 unspecified atom stereocenters. The van der Waals surface area contributed by atoms with E-state index in [4.69, 9.17) is 14.6 Å². The van der Waals surface area contributed by atoms with Crippen molar-refractivity contribution in [3.05, 3.63) is 30.1 Å². The van der Waals surface area contributed by atoms with Gasteiger partial charge in [-0.15, -0.1) is 5.10 Å². The molecule has 2 rings (SSSR count). The number of aliphatic hydroxyl groups is 1. The van der Waals surface area contributed by atoms with E-state index in [1.165, 1.54) is 0 Å². The van der Waals surface area contributed by atoms with Gasteiger partial charge in [0.15, 0.2) is 11.5 Å². The highest BCUT2D eigenvalue weighted by Crippen LogP contribution is 2.28. The van der Waals surface area contributed by atoms with Gasteiger partial charge in [-0.1, -0.05) is 5.21 Å². The maximum atomic E-state index is 8.92. The predicted octanol–water partition coefficient (Wildman–Crippen LogP) is 0.777. The van der Waals surface area contributed by atoms with Crippen LogP contribution >= 0.6 is 0 Å². The van der Waals surface area contributed by atoms with Gasteiger partial charge in [-0.2, -0.15) is 0 Å². The molecule has 0 saturated carbocycles. The highest BCUT2D eigenvalue weighted by Gasteiger charge is 2.07. The molecule has 0 spiro atoms. The molecule has 0 bridgehead atoms. The van der Waals surface area contributed by atoms with E-state index < -0.39 is 0 Å². The van der Waals surface area contributed by atoms with Gasteiger partial charge in [-0.3, -0.25) is 0 Å². The quantitative estimate of drug-likeness (QED) is 0.848. The second-order valence-corrected chi connectivity index (χ2v) is 3.35. The van der Waals surface area contributed by atoms with Crippen LogP contribution in [0.15, 0.2) is 24.4 Å². The van der Waals surface area contributed by atoms with Crippen molar-refractivity contribution in [2.24, 2.45) is 0 Å². The predicted molar refractivity (Wildman–Crippen MR) is 60.4 cm³/mol. The first-order valence-electron chi connectivity index (χ1n) is 5.03. The number of methoxy groups -OCH3 is 2. The first-order chi connectivity index (χ1) is 8.28. The average Bonchev–Trinajstić information content (AvgIpc) is 2.86. The van der Waals surface area contributed by atoms with Gasteiger partial charge in [0.25, 0.3) is 0 Å². The van der Waals surface area contributed by atoms with E-state index in [1.807, 2.05) is 6.07 Å². The minimum Gasteiger partial charge on any atom is -0.493 e. The number of hydrogen-bond acceptors (Lipinski definition) is 5.